The molecule has 0 fully saturated rings. The van der Waals surface area contributed by atoms with Crippen LogP contribution in [0.25, 0.3) is 0 Å². The molecule has 0 bridgehead atoms. The van der Waals surface area contributed by atoms with E-state index < -0.39 is 16.1 Å². The van der Waals surface area contributed by atoms with Crippen molar-refractivity contribution in [2.24, 2.45) is 5.92 Å². The van der Waals surface area contributed by atoms with Crippen molar-refractivity contribution < 1.29 is 18.0 Å². The first-order valence-corrected chi connectivity index (χ1v) is 16.5. The summed E-state index contributed by atoms with van der Waals surface area (Å²) >= 11 is 9.49. The summed E-state index contributed by atoms with van der Waals surface area (Å²) in [5.41, 5.74) is 2.29. The second kappa shape index (κ2) is 15.4. The summed E-state index contributed by atoms with van der Waals surface area (Å²) in [6, 6.07) is 23.1. The van der Waals surface area contributed by atoms with Crippen molar-refractivity contribution in [3.63, 3.8) is 0 Å². The lowest BCUT2D eigenvalue weighted by Crippen LogP contribution is -2.51. The molecule has 0 spiro atoms. The molecule has 3 aromatic rings. The van der Waals surface area contributed by atoms with E-state index in [4.69, 9.17) is 11.6 Å². The molecular formula is C31H37BrClN3O4S. The van der Waals surface area contributed by atoms with Crippen LogP contribution in [0.2, 0.25) is 5.02 Å². The Morgan fingerprint density at radius 1 is 0.951 bits per heavy atom. The predicted octanol–water partition coefficient (Wildman–Crippen LogP) is 6.06. The third-order valence-corrected chi connectivity index (χ3v) is 8.40. The maximum atomic E-state index is 13.9. The minimum atomic E-state index is -3.59. The van der Waals surface area contributed by atoms with E-state index in [1.165, 1.54) is 4.31 Å². The number of sulfonamides is 1. The Labute approximate surface area is 257 Å². The molecule has 3 rings (SSSR count). The van der Waals surface area contributed by atoms with Gasteiger partial charge in [0.05, 0.1) is 11.9 Å². The van der Waals surface area contributed by atoms with Crippen LogP contribution in [0.1, 0.15) is 37.8 Å². The Morgan fingerprint density at radius 3 is 2.22 bits per heavy atom. The quantitative estimate of drug-likeness (QED) is 0.227. The minimum absolute atomic E-state index is 0.0658. The zero-order valence-corrected chi connectivity index (χ0v) is 26.8. The van der Waals surface area contributed by atoms with Crippen molar-refractivity contribution in [3.8, 4) is 0 Å². The maximum absolute atomic E-state index is 13.9. The van der Waals surface area contributed by atoms with Gasteiger partial charge in [0.15, 0.2) is 0 Å². The van der Waals surface area contributed by atoms with Gasteiger partial charge >= 0.3 is 0 Å². The first-order chi connectivity index (χ1) is 19.4. The molecule has 0 unspecified atom stereocenters. The number of hydrogen-bond acceptors (Lipinski definition) is 4. The van der Waals surface area contributed by atoms with Gasteiger partial charge in [0.25, 0.3) is 0 Å². The topological polar surface area (TPSA) is 86.8 Å². The van der Waals surface area contributed by atoms with Crippen molar-refractivity contribution >= 4 is 55.1 Å². The molecule has 0 aromatic heterocycles. The second-order valence-electron chi connectivity index (χ2n) is 10.4. The van der Waals surface area contributed by atoms with E-state index in [1.807, 2.05) is 68.4 Å². The van der Waals surface area contributed by atoms with Gasteiger partial charge in [-0.2, -0.15) is 0 Å². The predicted molar refractivity (Wildman–Crippen MR) is 169 cm³/mol. The summed E-state index contributed by atoms with van der Waals surface area (Å²) in [7, 11) is -3.59. The summed E-state index contributed by atoms with van der Waals surface area (Å²) in [4.78, 5) is 29.1. The van der Waals surface area contributed by atoms with Crippen molar-refractivity contribution in [1.29, 1.82) is 0 Å². The molecule has 1 atom stereocenters. The number of nitrogens with one attached hydrogen (secondary N) is 1. The van der Waals surface area contributed by atoms with Crippen LogP contribution in [0.4, 0.5) is 5.69 Å². The molecule has 10 heteroatoms. The number of anilines is 1. The highest BCUT2D eigenvalue weighted by Crippen LogP contribution is 2.22. The van der Waals surface area contributed by atoms with Crippen LogP contribution in [0.15, 0.2) is 83.3 Å². The van der Waals surface area contributed by atoms with Crippen molar-refractivity contribution in [3.05, 3.63) is 99.5 Å². The van der Waals surface area contributed by atoms with E-state index in [9.17, 15) is 18.0 Å². The van der Waals surface area contributed by atoms with Gasteiger partial charge in [0.1, 0.15) is 6.04 Å². The first-order valence-electron chi connectivity index (χ1n) is 13.5. The van der Waals surface area contributed by atoms with Gasteiger partial charge in [-0.1, -0.05) is 83.8 Å². The molecule has 3 aromatic carbocycles. The zero-order chi connectivity index (χ0) is 30.0. The highest BCUT2D eigenvalue weighted by Gasteiger charge is 2.30. The monoisotopic (exact) mass is 661 g/mol. The van der Waals surface area contributed by atoms with E-state index in [2.05, 4.69) is 21.2 Å². The normalized spacial score (nSPS) is 12.1. The van der Waals surface area contributed by atoms with E-state index in [1.54, 1.807) is 29.2 Å². The van der Waals surface area contributed by atoms with Gasteiger partial charge < -0.3 is 10.2 Å². The van der Waals surface area contributed by atoms with E-state index in [0.717, 1.165) is 21.9 Å². The highest BCUT2D eigenvalue weighted by molar-refractivity contribution is 9.10. The molecule has 0 aliphatic rings. The fraction of sp³-hybridized carbons (Fsp3) is 0.355. The first kappa shape index (κ1) is 32.6. The standard InChI is InChI=1S/C31H37BrClN3O4S/c1-23(2)21-34-31(38)29(20-24-9-5-4-6-10-24)35(22-25-11-7-12-26(32)19-25)30(37)13-8-18-36(41(3,39)40)28-16-14-27(33)15-17-28/h4-7,9-12,14-17,19,23,29H,8,13,18,20-22H2,1-3H3,(H,34,38)/t29-/m1/s1. The Bertz CT molecular complexity index is 1400. The zero-order valence-electron chi connectivity index (χ0n) is 23.6. The Morgan fingerprint density at radius 2 is 1.61 bits per heavy atom. The van der Waals surface area contributed by atoms with Gasteiger partial charge in [-0.15, -0.1) is 0 Å². The Kier molecular flexibility index (Phi) is 12.2. The molecule has 7 nitrogen and oxygen atoms in total. The van der Waals surface area contributed by atoms with E-state index >= 15 is 0 Å². The average molecular weight is 663 g/mol. The fourth-order valence-electron chi connectivity index (χ4n) is 4.42. The van der Waals surface area contributed by atoms with Gasteiger partial charge in [-0.3, -0.25) is 13.9 Å². The van der Waals surface area contributed by atoms with Crippen LogP contribution < -0.4 is 9.62 Å². The summed E-state index contributed by atoms with van der Waals surface area (Å²) in [6.45, 7) is 4.88. The third kappa shape index (κ3) is 10.5. The van der Waals surface area contributed by atoms with Gasteiger partial charge in [-0.05, 0) is 59.9 Å². The molecule has 1 N–H and O–H groups in total. The highest BCUT2D eigenvalue weighted by atomic mass is 79.9. The number of carbonyl (C=O) groups is 2. The number of halogens is 2. The van der Waals surface area contributed by atoms with Crippen LogP contribution in [0.3, 0.4) is 0 Å². The number of amides is 2. The van der Waals surface area contributed by atoms with Crippen molar-refractivity contribution in [2.75, 3.05) is 23.7 Å². The lowest BCUT2D eigenvalue weighted by Gasteiger charge is -2.32. The molecule has 220 valence electrons. The molecule has 0 saturated heterocycles. The molecule has 0 radical (unpaired) electrons. The number of nitrogens with zero attached hydrogens (tertiary/aromatic N) is 2. The van der Waals surface area contributed by atoms with E-state index in [-0.39, 0.29) is 43.7 Å². The molecule has 41 heavy (non-hydrogen) atoms. The van der Waals surface area contributed by atoms with Gasteiger partial charge in [0.2, 0.25) is 21.8 Å². The van der Waals surface area contributed by atoms with E-state index in [0.29, 0.717) is 23.7 Å². The molecule has 2 amide bonds. The summed E-state index contributed by atoms with van der Waals surface area (Å²) < 4.78 is 27.3. The van der Waals surface area contributed by atoms with Crippen molar-refractivity contribution in [2.45, 2.75) is 45.7 Å². The Hall–Kier alpha value is -2.88. The molecule has 0 aliphatic heterocycles. The van der Waals surface area contributed by atoms with Crippen LogP contribution in [0.5, 0.6) is 0 Å². The SMILES string of the molecule is CC(C)CNC(=O)[C@@H](Cc1ccccc1)N(Cc1cccc(Br)c1)C(=O)CCCN(c1ccc(Cl)cc1)S(C)(=O)=O. The summed E-state index contributed by atoms with van der Waals surface area (Å²) in [5.74, 6) is -0.194. The molecule has 0 saturated carbocycles. The molecule has 0 aliphatic carbocycles. The number of rotatable bonds is 14. The lowest BCUT2D eigenvalue weighted by atomic mass is 10.0. The van der Waals surface area contributed by atoms with Gasteiger partial charge in [-0.25, -0.2) is 8.42 Å². The van der Waals surface area contributed by atoms with Crippen LogP contribution in [-0.2, 0) is 32.6 Å². The smallest absolute Gasteiger partial charge is 0.243 e. The average Bonchev–Trinajstić information content (AvgIpc) is 2.92. The minimum Gasteiger partial charge on any atom is -0.354 e. The van der Waals surface area contributed by atoms with Crippen LogP contribution in [0, 0.1) is 5.92 Å². The Balaban J connectivity index is 1.87. The van der Waals surface area contributed by atoms with Crippen LogP contribution in [-0.4, -0.2) is 50.5 Å². The number of hydrogen-bond donors (Lipinski definition) is 1. The van der Waals surface area contributed by atoms with Gasteiger partial charge in [0, 0.05) is 42.0 Å². The number of benzene rings is 3. The molecular weight excluding hydrogens is 626 g/mol. The largest absolute Gasteiger partial charge is 0.354 e. The second-order valence-corrected chi connectivity index (χ2v) is 13.7. The molecule has 0 heterocycles. The van der Waals surface area contributed by atoms with Crippen molar-refractivity contribution in [1.82, 2.24) is 10.2 Å². The van der Waals surface area contributed by atoms with Crippen LogP contribution >= 0.6 is 27.5 Å². The third-order valence-electron chi connectivity index (χ3n) is 6.46. The summed E-state index contributed by atoms with van der Waals surface area (Å²) in [5, 5.41) is 3.52. The maximum Gasteiger partial charge on any atom is 0.243 e. The summed E-state index contributed by atoms with van der Waals surface area (Å²) in [6.07, 6.45) is 1.83. The number of carbonyl (C=O) groups excluding carboxylic acids is 2. The lowest BCUT2D eigenvalue weighted by molar-refractivity contribution is -0.141. The fourth-order valence-corrected chi connectivity index (χ4v) is 5.96.